The van der Waals surface area contributed by atoms with Crippen LogP contribution in [0.1, 0.15) is 22.0 Å². The summed E-state index contributed by atoms with van der Waals surface area (Å²) in [5.41, 5.74) is 0.583. The predicted molar refractivity (Wildman–Crippen MR) is 72.1 cm³/mol. The van der Waals surface area contributed by atoms with E-state index < -0.39 is 5.92 Å². The number of ether oxygens (including phenoxy) is 1. The molecule has 0 aliphatic heterocycles. The zero-order chi connectivity index (χ0) is 13.8. The fourth-order valence-electron chi connectivity index (χ4n) is 1.69. The second kappa shape index (κ2) is 5.72. The van der Waals surface area contributed by atoms with E-state index in [1.807, 2.05) is 6.07 Å². The Balaban J connectivity index is 2.34. The van der Waals surface area contributed by atoms with E-state index in [2.05, 4.69) is 15.9 Å². The van der Waals surface area contributed by atoms with Gasteiger partial charge in [-0.15, -0.1) is 0 Å². The number of hydrogen-bond acceptors (Lipinski definition) is 4. The lowest BCUT2D eigenvalue weighted by atomic mass is 9.94. The molecule has 0 bridgehead atoms. The SMILES string of the molecule is COc1cccc(C(C#N)C(=O)c2ccc(Br)o2)c1. The Labute approximate surface area is 118 Å². The van der Waals surface area contributed by atoms with Crippen molar-refractivity contribution in [2.45, 2.75) is 5.92 Å². The molecule has 2 aromatic rings. The van der Waals surface area contributed by atoms with Gasteiger partial charge in [0.05, 0.1) is 13.2 Å². The molecular weight excluding hydrogens is 310 g/mol. The number of carbonyl (C=O) groups is 1. The Morgan fingerprint density at radius 3 is 2.79 bits per heavy atom. The normalized spacial score (nSPS) is 11.6. The number of Topliss-reactive ketones (excluding diaryl/α,β-unsaturated/α-hetero) is 1. The smallest absolute Gasteiger partial charge is 0.219 e. The summed E-state index contributed by atoms with van der Waals surface area (Å²) in [5, 5.41) is 9.22. The molecule has 0 spiro atoms. The Kier molecular flexibility index (Phi) is 4.03. The molecule has 0 amide bonds. The first-order valence-electron chi connectivity index (χ1n) is 5.49. The second-order valence-corrected chi connectivity index (χ2v) is 4.59. The standard InChI is InChI=1S/C14H10BrNO3/c1-18-10-4-2-3-9(7-10)11(8-16)14(17)12-5-6-13(15)19-12/h2-7,11H,1H3. The van der Waals surface area contributed by atoms with Gasteiger partial charge in [0.1, 0.15) is 11.7 Å². The van der Waals surface area contributed by atoms with E-state index in [0.717, 1.165) is 0 Å². The third-order valence-corrected chi connectivity index (χ3v) is 3.06. The minimum Gasteiger partial charge on any atom is -0.497 e. The molecule has 19 heavy (non-hydrogen) atoms. The molecule has 0 radical (unpaired) electrons. The first-order valence-corrected chi connectivity index (χ1v) is 6.28. The van der Waals surface area contributed by atoms with Gasteiger partial charge in [-0.05, 0) is 45.8 Å². The molecule has 5 heteroatoms. The van der Waals surface area contributed by atoms with Gasteiger partial charge in [0.2, 0.25) is 5.78 Å². The Bertz CT molecular complexity index is 642. The number of rotatable bonds is 4. The monoisotopic (exact) mass is 319 g/mol. The summed E-state index contributed by atoms with van der Waals surface area (Å²) in [4.78, 5) is 12.2. The van der Waals surface area contributed by atoms with E-state index in [4.69, 9.17) is 9.15 Å². The van der Waals surface area contributed by atoms with Crippen LogP contribution in [-0.4, -0.2) is 12.9 Å². The number of furan rings is 1. The maximum Gasteiger partial charge on any atom is 0.219 e. The number of halogens is 1. The van der Waals surface area contributed by atoms with E-state index >= 15 is 0 Å². The highest BCUT2D eigenvalue weighted by molar-refractivity contribution is 9.10. The maximum absolute atomic E-state index is 12.2. The molecule has 0 saturated heterocycles. The van der Waals surface area contributed by atoms with Gasteiger partial charge < -0.3 is 9.15 Å². The summed E-state index contributed by atoms with van der Waals surface area (Å²) in [6.07, 6.45) is 0. The van der Waals surface area contributed by atoms with Crippen molar-refractivity contribution in [2.24, 2.45) is 0 Å². The van der Waals surface area contributed by atoms with Crippen molar-refractivity contribution in [3.05, 3.63) is 52.4 Å². The van der Waals surface area contributed by atoms with Gasteiger partial charge in [0, 0.05) is 0 Å². The summed E-state index contributed by atoms with van der Waals surface area (Å²) in [6, 6.07) is 12.0. The molecular formula is C14H10BrNO3. The van der Waals surface area contributed by atoms with Gasteiger partial charge in [-0.25, -0.2) is 0 Å². The molecule has 0 aliphatic rings. The van der Waals surface area contributed by atoms with Crippen molar-refractivity contribution in [3.63, 3.8) is 0 Å². The lowest BCUT2D eigenvalue weighted by Crippen LogP contribution is -2.10. The van der Waals surface area contributed by atoms with Crippen LogP contribution in [0.2, 0.25) is 0 Å². The second-order valence-electron chi connectivity index (χ2n) is 3.81. The van der Waals surface area contributed by atoms with Crippen molar-refractivity contribution in [1.29, 1.82) is 5.26 Å². The molecule has 1 unspecified atom stereocenters. The molecule has 1 aromatic carbocycles. The van der Waals surface area contributed by atoms with E-state index in [9.17, 15) is 10.1 Å². The third-order valence-electron chi connectivity index (χ3n) is 2.63. The topological polar surface area (TPSA) is 63.2 Å². The highest BCUT2D eigenvalue weighted by Crippen LogP contribution is 2.25. The van der Waals surface area contributed by atoms with Gasteiger partial charge in [-0.3, -0.25) is 4.79 Å². The number of hydrogen-bond donors (Lipinski definition) is 0. The van der Waals surface area contributed by atoms with Gasteiger partial charge in [-0.1, -0.05) is 12.1 Å². The fourth-order valence-corrected chi connectivity index (χ4v) is 2.00. The molecule has 1 atom stereocenters. The van der Waals surface area contributed by atoms with Crippen molar-refractivity contribution < 1.29 is 13.9 Å². The van der Waals surface area contributed by atoms with Crippen molar-refractivity contribution >= 4 is 21.7 Å². The molecule has 0 aliphatic carbocycles. The number of carbonyl (C=O) groups excluding carboxylic acids is 1. The molecule has 1 heterocycles. The van der Waals surface area contributed by atoms with E-state index in [0.29, 0.717) is 16.0 Å². The lowest BCUT2D eigenvalue weighted by molar-refractivity contribution is 0.0950. The highest BCUT2D eigenvalue weighted by atomic mass is 79.9. The van der Waals surface area contributed by atoms with Crippen LogP contribution in [0.5, 0.6) is 5.75 Å². The molecule has 4 nitrogen and oxygen atoms in total. The van der Waals surface area contributed by atoms with E-state index in [1.54, 1.807) is 30.3 Å². The van der Waals surface area contributed by atoms with E-state index in [-0.39, 0.29) is 11.5 Å². The number of methoxy groups -OCH3 is 1. The minimum absolute atomic E-state index is 0.154. The quantitative estimate of drug-likeness (QED) is 0.808. The van der Waals surface area contributed by atoms with Crippen LogP contribution in [0.3, 0.4) is 0 Å². The summed E-state index contributed by atoms with van der Waals surface area (Å²) < 4.78 is 10.7. The van der Waals surface area contributed by atoms with Gasteiger partial charge in [0.25, 0.3) is 0 Å². The molecule has 0 saturated carbocycles. The summed E-state index contributed by atoms with van der Waals surface area (Å²) in [6.45, 7) is 0. The zero-order valence-corrected chi connectivity index (χ0v) is 11.7. The van der Waals surface area contributed by atoms with Crippen molar-refractivity contribution in [3.8, 4) is 11.8 Å². The van der Waals surface area contributed by atoms with Gasteiger partial charge in [0.15, 0.2) is 10.4 Å². The number of ketones is 1. The van der Waals surface area contributed by atoms with Crippen LogP contribution in [0.4, 0.5) is 0 Å². The average Bonchev–Trinajstić information content (AvgIpc) is 2.86. The molecule has 0 fully saturated rings. The van der Waals surface area contributed by atoms with Crippen LogP contribution in [0, 0.1) is 11.3 Å². The third kappa shape index (κ3) is 2.85. The van der Waals surface area contributed by atoms with Gasteiger partial charge >= 0.3 is 0 Å². The van der Waals surface area contributed by atoms with Crippen LogP contribution < -0.4 is 4.74 Å². The first kappa shape index (κ1) is 13.4. The predicted octanol–water partition coefficient (Wildman–Crippen LogP) is 3.54. The number of nitrogens with zero attached hydrogens (tertiary/aromatic N) is 1. The van der Waals surface area contributed by atoms with Gasteiger partial charge in [-0.2, -0.15) is 5.26 Å². The number of benzene rings is 1. The summed E-state index contributed by atoms with van der Waals surface area (Å²) >= 11 is 3.13. The highest BCUT2D eigenvalue weighted by Gasteiger charge is 2.24. The van der Waals surface area contributed by atoms with Crippen LogP contribution in [0.15, 0.2) is 45.5 Å². The molecule has 2 rings (SSSR count). The van der Waals surface area contributed by atoms with Crippen LogP contribution >= 0.6 is 15.9 Å². The molecule has 96 valence electrons. The lowest BCUT2D eigenvalue weighted by Gasteiger charge is -2.08. The largest absolute Gasteiger partial charge is 0.497 e. The summed E-state index contributed by atoms with van der Waals surface area (Å²) in [5.74, 6) is -0.526. The Hall–Kier alpha value is -2.06. The first-order chi connectivity index (χ1) is 9.15. The van der Waals surface area contributed by atoms with Crippen LogP contribution in [-0.2, 0) is 0 Å². The van der Waals surface area contributed by atoms with E-state index in [1.165, 1.54) is 13.2 Å². The Morgan fingerprint density at radius 2 is 2.21 bits per heavy atom. The minimum atomic E-state index is -0.909. The average molecular weight is 320 g/mol. The molecule has 1 aromatic heterocycles. The number of nitriles is 1. The van der Waals surface area contributed by atoms with Crippen LogP contribution in [0.25, 0.3) is 0 Å². The summed E-state index contributed by atoms with van der Waals surface area (Å²) in [7, 11) is 1.53. The molecule has 0 N–H and O–H groups in total. The zero-order valence-electron chi connectivity index (χ0n) is 10.1. The van der Waals surface area contributed by atoms with Crippen molar-refractivity contribution in [1.82, 2.24) is 0 Å². The fraction of sp³-hybridized carbons (Fsp3) is 0.143. The Morgan fingerprint density at radius 1 is 1.42 bits per heavy atom. The maximum atomic E-state index is 12.2. The van der Waals surface area contributed by atoms with Crippen molar-refractivity contribution in [2.75, 3.05) is 7.11 Å².